The molecular formula is C77H87Cl3O8S2. The van der Waals surface area contributed by atoms with Gasteiger partial charge in [-0.1, -0.05) is 95.1 Å². The number of carbonyl (C=O) groups is 2. The van der Waals surface area contributed by atoms with Gasteiger partial charge in [-0.05, 0) is 271 Å². The smallest absolute Gasteiger partial charge is 0.344 e. The molecule has 8 aliphatic rings. The highest BCUT2D eigenvalue weighted by molar-refractivity contribution is 7.97. The van der Waals surface area contributed by atoms with E-state index < -0.39 is 0 Å². The highest BCUT2D eigenvalue weighted by Gasteiger charge is 2.58. The van der Waals surface area contributed by atoms with E-state index in [-0.39, 0.29) is 110 Å². The number of carbonyl (C=O) groups excluding carboxylic acids is 2. The normalized spacial score (nSPS) is 24.0. The van der Waals surface area contributed by atoms with E-state index in [0.29, 0.717) is 40.9 Å². The van der Waals surface area contributed by atoms with Crippen molar-refractivity contribution in [2.45, 2.75) is 141 Å². The molecule has 0 spiro atoms. The Morgan fingerprint density at radius 3 is 0.944 bits per heavy atom. The predicted molar refractivity (Wildman–Crippen MR) is 357 cm³/mol. The van der Waals surface area contributed by atoms with Gasteiger partial charge in [-0.15, -0.1) is 11.6 Å². The van der Waals surface area contributed by atoms with Crippen LogP contribution < -0.4 is 39.0 Å². The second-order valence-corrected chi connectivity index (χ2v) is 28.6. The monoisotopic (exact) mass is 1310 g/mol. The molecule has 0 heterocycles. The van der Waals surface area contributed by atoms with Crippen LogP contribution in [0.1, 0.15) is 100 Å². The summed E-state index contributed by atoms with van der Waals surface area (Å²) < 4.78 is 29.6. The van der Waals surface area contributed by atoms with Crippen molar-refractivity contribution < 1.29 is 63.2 Å². The Kier molecular flexibility index (Phi) is 25.3. The minimum atomic E-state index is -0.330. The fourth-order valence-electron chi connectivity index (χ4n) is 15.0. The molecule has 8 aromatic carbocycles. The van der Waals surface area contributed by atoms with Gasteiger partial charge in [-0.3, -0.25) is 4.79 Å². The Hall–Kier alpha value is -6.53. The minimum absolute atomic E-state index is 0. The largest absolute Gasteiger partial charge is 1.00 e. The van der Waals surface area contributed by atoms with Gasteiger partial charge in [0.1, 0.15) is 51.6 Å². The maximum atomic E-state index is 12.8. The quantitative estimate of drug-likeness (QED) is 0.0580. The van der Waals surface area contributed by atoms with E-state index in [4.69, 9.17) is 35.3 Å². The van der Waals surface area contributed by atoms with Crippen LogP contribution in [-0.4, -0.2) is 40.7 Å². The van der Waals surface area contributed by atoms with Crippen molar-refractivity contribution in [3.05, 3.63) is 218 Å². The van der Waals surface area contributed by atoms with Gasteiger partial charge in [-0.2, -0.15) is 0 Å². The van der Waals surface area contributed by atoms with Crippen LogP contribution in [0.25, 0.3) is 0 Å². The van der Waals surface area contributed by atoms with Crippen LogP contribution >= 0.6 is 11.6 Å². The van der Waals surface area contributed by atoms with E-state index in [1.807, 2.05) is 60.7 Å². The minimum Gasteiger partial charge on any atom is -1.00 e. The molecule has 8 nitrogen and oxygen atoms in total. The Bertz CT molecular complexity index is 3340. The molecule has 90 heavy (non-hydrogen) atoms. The fourth-order valence-corrected chi connectivity index (χ4v) is 19.2. The number of phenols is 1. The number of benzene rings is 8. The molecule has 8 fully saturated rings. The molecule has 0 saturated heterocycles. The number of aromatic hydroxyl groups is 1. The molecule has 16 rings (SSSR count). The van der Waals surface area contributed by atoms with Crippen molar-refractivity contribution in [2.75, 3.05) is 12.5 Å². The molecule has 0 aromatic heterocycles. The van der Waals surface area contributed by atoms with Gasteiger partial charge in [0.25, 0.3) is 0 Å². The van der Waals surface area contributed by atoms with E-state index in [9.17, 15) is 14.7 Å². The number of phenolic OH excluding ortho intramolecular Hbond substituents is 1. The van der Waals surface area contributed by atoms with Gasteiger partial charge >= 0.3 is 11.9 Å². The van der Waals surface area contributed by atoms with Crippen molar-refractivity contribution in [2.24, 2.45) is 47.3 Å². The van der Waals surface area contributed by atoms with Crippen LogP contribution in [0.2, 0.25) is 0 Å². The van der Waals surface area contributed by atoms with Crippen molar-refractivity contribution in [3.8, 4) is 34.5 Å². The Balaban J connectivity index is 0.000000206. The molecule has 0 amide bonds. The molecule has 1 N–H and O–H groups in total. The number of hydrogen-bond acceptors (Lipinski definition) is 8. The first-order valence-corrected chi connectivity index (χ1v) is 33.2. The molecule has 0 unspecified atom stereocenters. The number of ether oxygens (including phenoxy) is 5. The summed E-state index contributed by atoms with van der Waals surface area (Å²) in [4.78, 5) is 31.9. The number of halogens is 3. The third kappa shape index (κ3) is 16.6. The lowest BCUT2D eigenvalue weighted by Crippen LogP contribution is -3.00. The van der Waals surface area contributed by atoms with Crippen molar-refractivity contribution in [1.82, 2.24) is 0 Å². The standard InChI is InChI=1S/C37H37O4S.C24H18O2S.C13H19ClO2.3CH4.2ClH/c1-37(28-21-26-20-27(23-28)24-29(37)22-26)41-36(38)25-39-30-12-14-31(15-13-30)40-32-16-18-35(19-17-32)42(33-8-4-2-5-9-33)34-10-6-3-7-11-34;25-19-11-13-20(14-12-19)26-21-15-17-24(18-16-21)27(22-7-3-1-4-8-22)23-9-5-2-6-10-23;1-13(16-12(15)7-14)10-3-8-2-9(5-10)6-11(13)4-8;;;;;/h2-19,26-29H,20-25H2,1H3;1-18H;8-11H,2-7H2,1H3;3*1H4;2*1H/q+1;;;;;;;/p-1. The maximum absolute atomic E-state index is 12.8. The van der Waals surface area contributed by atoms with E-state index in [1.165, 1.54) is 93.6 Å². The zero-order valence-corrected chi connectivity index (χ0v) is 53.0. The number of hydrogen-bond donors (Lipinski definition) is 1. The lowest BCUT2D eigenvalue weighted by molar-refractivity contribution is -0.204. The predicted octanol–water partition coefficient (Wildman–Crippen LogP) is 13.9. The Morgan fingerprint density at radius 2 is 0.644 bits per heavy atom. The number of rotatable bonds is 16. The molecular weight excluding hydrogens is 1220 g/mol. The average molecular weight is 1310 g/mol. The molecule has 8 aromatic rings. The summed E-state index contributed by atoms with van der Waals surface area (Å²) >= 11 is 5.55. The molecule has 13 heteroatoms. The summed E-state index contributed by atoms with van der Waals surface area (Å²) in [7, 11) is -0.356. The van der Waals surface area contributed by atoms with Crippen LogP contribution in [-0.2, 0) is 40.9 Å². The van der Waals surface area contributed by atoms with Crippen molar-refractivity contribution in [1.29, 1.82) is 0 Å². The molecule has 0 radical (unpaired) electrons. The van der Waals surface area contributed by atoms with E-state index in [1.54, 1.807) is 24.3 Å². The van der Waals surface area contributed by atoms with E-state index >= 15 is 0 Å². The summed E-state index contributed by atoms with van der Waals surface area (Å²) in [6.07, 6.45) is 12.7. The van der Waals surface area contributed by atoms with E-state index in [2.05, 4.69) is 147 Å². The Morgan fingerprint density at radius 1 is 0.389 bits per heavy atom. The van der Waals surface area contributed by atoms with Gasteiger partial charge < -0.3 is 53.6 Å². The third-order valence-corrected chi connectivity index (χ3v) is 23.5. The van der Waals surface area contributed by atoms with Gasteiger partial charge in [0.05, 0.1) is 21.8 Å². The molecule has 8 aliphatic carbocycles. The summed E-state index contributed by atoms with van der Waals surface area (Å²) in [6.45, 7) is 4.24. The van der Waals surface area contributed by atoms with Crippen LogP contribution in [0.4, 0.5) is 0 Å². The molecule has 476 valence electrons. The van der Waals surface area contributed by atoms with E-state index in [0.717, 1.165) is 35.2 Å². The molecule has 8 saturated carbocycles. The molecule has 8 bridgehead atoms. The van der Waals surface area contributed by atoms with Gasteiger partial charge in [0, 0.05) is 0 Å². The number of esters is 2. The highest BCUT2D eigenvalue weighted by Crippen LogP contribution is 2.61. The first kappa shape index (κ1) is 70.9. The third-order valence-electron chi connectivity index (χ3n) is 18.8. The average Bonchev–Trinajstić information content (AvgIpc) is 0.767. The van der Waals surface area contributed by atoms with Crippen molar-refractivity contribution in [3.63, 3.8) is 0 Å². The second-order valence-electron chi connectivity index (χ2n) is 24.3. The topological polar surface area (TPSA) is 101 Å². The van der Waals surface area contributed by atoms with Gasteiger partial charge in [-0.25, -0.2) is 4.79 Å². The first-order chi connectivity index (χ1) is 41.4. The summed E-state index contributed by atoms with van der Waals surface area (Å²) in [6, 6.07) is 73.1. The lowest BCUT2D eigenvalue weighted by atomic mass is 9.50. The summed E-state index contributed by atoms with van der Waals surface area (Å²) in [5.74, 6) is 8.99. The lowest BCUT2D eigenvalue weighted by Gasteiger charge is -2.59. The van der Waals surface area contributed by atoms with Crippen LogP contribution in [0.5, 0.6) is 34.5 Å². The Labute approximate surface area is 558 Å². The van der Waals surface area contributed by atoms with Gasteiger partial charge in [0.15, 0.2) is 36.0 Å². The maximum Gasteiger partial charge on any atom is 0.344 e. The summed E-state index contributed by atoms with van der Waals surface area (Å²) in [5, 5.41) is 9.38. The van der Waals surface area contributed by atoms with Crippen LogP contribution in [0, 0.1) is 47.3 Å². The molecule has 0 atom stereocenters. The zero-order chi connectivity index (χ0) is 58.3. The first-order valence-electron chi connectivity index (χ1n) is 30.2. The highest BCUT2D eigenvalue weighted by atomic mass is 35.5. The summed E-state index contributed by atoms with van der Waals surface area (Å²) in [5.41, 5.74) is -0.538. The van der Waals surface area contributed by atoms with Crippen molar-refractivity contribution >= 4 is 45.3 Å². The molecule has 0 aliphatic heterocycles. The second kappa shape index (κ2) is 32.2. The SMILES string of the molecule is C.C.C.CC1(OC(=O)CCl)C2CC3CC(C2)CC1C3.CC1(OC(=O)COc2ccc(Oc3ccc([S+](c4ccccc4)c4ccccc4)cc3)cc2)C2CC3CC(C2)CC1C3.Oc1ccc(Oc2ccc([S+](c3ccccc3)c3ccccc3)cc2)cc1.[Cl-].[Cl-]. The zero-order valence-electron chi connectivity index (χ0n) is 49.1. The van der Waals surface area contributed by atoms with Crippen LogP contribution in [0.3, 0.4) is 0 Å². The van der Waals surface area contributed by atoms with Gasteiger partial charge in [0.2, 0.25) is 0 Å². The number of alkyl halides is 1. The fraction of sp³-hybridized carbons (Fsp3) is 0.351. The van der Waals surface area contributed by atoms with Crippen LogP contribution in [0.15, 0.2) is 248 Å².